The average Bonchev–Trinajstić information content (AvgIpc) is 3.20. The van der Waals surface area contributed by atoms with Gasteiger partial charge in [-0.15, -0.1) is 0 Å². The normalized spacial score (nSPS) is 17.3. The molecular weight excluding hydrogens is 398 g/mol. The summed E-state index contributed by atoms with van der Waals surface area (Å²) in [4.78, 5) is 14.3. The maximum atomic E-state index is 12.4. The number of hydrogen-bond donors (Lipinski definition) is 2. The molecule has 2 N–H and O–H groups in total. The van der Waals surface area contributed by atoms with Crippen molar-refractivity contribution in [3.63, 3.8) is 0 Å². The zero-order valence-electron chi connectivity index (χ0n) is 19.0. The molecule has 3 aromatic rings. The third-order valence-corrected chi connectivity index (χ3v) is 5.86. The van der Waals surface area contributed by atoms with Crippen molar-refractivity contribution < 1.29 is 4.79 Å². The van der Waals surface area contributed by atoms with E-state index in [4.69, 9.17) is 0 Å². The average molecular weight is 428 g/mol. The molecule has 1 aliphatic heterocycles. The summed E-state index contributed by atoms with van der Waals surface area (Å²) in [6, 6.07) is 16.7. The quantitative estimate of drug-likeness (QED) is 0.619. The van der Waals surface area contributed by atoms with Crippen LogP contribution in [0.4, 0.5) is 11.4 Å². The van der Waals surface area contributed by atoms with E-state index in [0.29, 0.717) is 6.54 Å². The maximum Gasteiger partial charge on any atom is 0.224 e. The van der Waals surface area contributed by atoms with E-state index in [1.54, 1.807) is 13.1 Å². The van der Waals surface area contributed by atoms with Crippen LogP contribution in [0.3, 0.4) is 0 Å². The van der Waals surface area contributed by atoms with Gasteiger partial charge in [-0.3, -0.25) is 9.48 Å². The lowest BCUT2D eigenvalue weighted by molar-refractivity contribution is -0.117. The van der Waals surface area contributed by atoms with E-state index >= 15 is 0 Å². The fourth-order valence-electron chi connectivity index (χ4n) is 4.38. The Morgan fingerprint density at radius 1 is 1.19 bits per heavy atom. The molecule has 1 aromatic heterocycles. The van der Waals surface area contributed by atoms with Gasteiger partial charge >= 0.3 is 0 Å². The number of anilines is 2. The molecule has 0 bridgehead atoms. The largest absolute Gasteiger partial charge is 0.378 e. The van der Waals surface area contributed by atoms with Crippen molar-refractivity contribution >= 4 is 17.3 Å². The number of rotatable bonds is 4. The van der Waals surface area contributed by atoms with Gasteiger partial charge in [-0.05, 0) is 68.4 Å². The summed E-state index contributed by atoms with van der Waals surface area (Å²) in [5.41, 5.74) is 6.25. The Kier molecular flexibility index (Phi) is 6.29. The summed E-state index contributed by atoms with van der Waals surface area (Å²) in [6.45, 7) is 4.41. The monoisotopic (exact) mass is 427 g/mol. The van der Waals surface area contributed by atoms with Crippen molar-refractivity contribution in [1.29, 1.82) is 0 Å². The highest BCUT2D eigenvalue weighted by Gasteiger charge is 2.32. The smallest absolute Gasteiger partial charge is 0.224 e. The van der Waals surface area contributed by atoms with E-state index in [9.17, 15) is 4.79 Å². The maximum absolute atomic E-state index is 12.4. The van der Waals surface area contributed by atoms with Crippen molar-refractivity contribution in [3.8, 4) is 23.1 Å². The van der Waals surface area contributed by atoms with Gasteiger partial charge in [0.1, 0.15) is 0 Å². The van der Waals surface area contributed by atoms with Crippen molar-refractivity contribution in [1.82, 2.24) is 15.1 Å². The minimum atomic E-state index is 0.0648. The number of nitrogens with one attached hydrogen (secondary N) is 2. The van der Waals surface area contributed by atoms with Crippen LogP contribution >= 0.6 is 0 Å². The highest BCUT2D eigenvalue weighted by atomic mass is 16.2. The number of carbonyl (C=O) groups is 1. The van der Waals surface area contributed by atoms with Crippen molar-refractivity contribution in [2.45, 2.75) is 32.4 Å². The van der Waals surface area contributed by atoms with Crippen LogP contribution < -0.4 is 15.5 Å². The van der Waals surface area contributed by atoms with Crippen LogP contribution in [0.1, 0.15) is 37.4 Å². The predicted octanol–water partition coefficient (Wildman–Crippen LogP) is 3.96. The van der Waals surface area contributed by atoms with Crippen LogP contribution in [0.2, 0.25) is 0 Å². The first-order chi connectivity index (χ1) is 15.5. The summed E-state index contributed by atoms with van der Waals surface area (Å²) in [5.74, 6) is 6.30. The Bertz CT molecular complexity index is 1170. The molecule has 2 heterocycles. The molecule has 0 spiro atoms. The second kappa shape index (κ2) is 9.29. The highest BCUT2D eigenvalue weighted by Crippen LogP contribution is 2.41. The van der Waals surface area contributed by atoms with Crippen LogP contribution in [0, 0.1) is 11.8 Å². The van der Waals surface area contributed by atoms with Crippen LogP contribution in [-0.4, -0.2) is 35.3 Å². The minimum Gasteiger partial charge on any atom is -0.378 e. The zero-order chi connectivity index (χ0) is 22.7. The van der Waals surface area contributed by atoms with Crippen molar-refractivity contribution in [2.75, 3.05) is 23.8 Å². The number of aryl methyl sites for hydroxylation is 1. The molecule has 2 atom stereocenters. The number of fused-ring (bicyclic) bond motifs is 1. The molecule has 6 nitrogen and oxygen atoms in total. The Labute approximate surface area is 189 Å². The van der Waals surface area contributed by atoms with Crippen molar-refractivity contribution in [2.24, 2.45) is 7.05 Å². The Balaban J connectivity index is 1.67. The molecule has 0 saturated carbocycles. The molecule has 164 valence electrons. The van der Waals surface area contributed by atoms with Gasteiger partial charge in [-0.25, -0.2) is 0 Å². The minimum absolute atomic E-state index is 0.0648. The second-order valence-corrected chi connectivity index (χ2v) is 8.19. The van der Waals surface area contributed by atoms with Gasteiger partial charge in [-0.2, -0.15) is 5.10 Å². The number of amides is 1. The Hall–Kier alpha value is -3.56. The van der Waals surface area contributed by atoms with Gasteiger partial charge in [0, 0.05) is 48.7 Å². The summed E-state index contributed by atoms with van der Waals surface area (Å²) >= 11 is 0. The summed E-state index contributed by atoms with van der Waals surface area (Å²) in [6.07, 6.45) is 2.63. The number of nitrogens with zero attached hydrogens (tertiary/aromatic N) is 3. The Morgan fingerprint density at radius 2 is 1.97 bits per heavy atom. The van der Waals surface area contributed by atoms with E-state index in [1.807, 2.05) is 41.9 Å². The summed E-state index contributed by atoms with van der Waals surface area (Å²) < 4.78 is 1.87. The van der Waals surface area contributed by atoms with E-state index < -0.39 is 0 Å². The molecule has 1 aliphatic rings. The van der Waals surface area contributed by atoms with Gasteiger partial charge in [0.15, 0.2) is 0 Å². The van der Waals surface area contributed by atoms with Crippen LogP contribution in [0.5, 0.6) is 0 Å². The molecule has 0 radical (unpaired) electrons. The van der Waals surface area contributed by atoms with Crippen LogP contribution in [0.15, 0.2) is 54.7 Å². The van der Waals surface area contributed by atoms with E-state index in [2.05, 4.69) is 64.8 Å². The molecule has 4 rings (SSSR count). The number of aromatic nitrogens is 2. The fraction of sp³-hybridized carbons (Fsp3) is 0.308. The highest BCUT2D eigenvalue weighted by molar-refractivity contribution is 5.94. The molecular formula is C26H29N5O. The van der Waals surface area contributed by atoms with Gasteiger partial charge in [0.2, 0.25) is 5.91 Å². The number of benzene rings is 2. The fourth-order valence-corrected chi connectivity index (χ4v) is 4.38. The summed E-state index contributed by atoms with van der Waals surface area (Å²) in [5, 5.41) is 11.0. The molecule has 0 aliphatic carbocycles. The van der Waals surface area contributed by atoms with Gasteiger partial charge in [-0.1, -0.05) is 17.9 Å². The van der Waals surface area contributed by atoms with E-state index in [-0.39, 0.29) is 18.0 Å². The molecule has 0 unspecified atom stereocenters. The lowest BCUT2D eigenvalue weighted by Gasteiger charge is -2.39. The molecule has 0 fully saturated rings. The predicted molar refractivity (Wildman–Crippen MR) is 129 cm³/mol. The van der Waals surface area contributed by atoms with Gasteiger partial charge in [0.25, 0.3) is 0 Å². The Morgan fingerprint density at radius 3 is 2.62 bits per heavy atom. The van der Waals surface area contributed by atoms with Gasteiger partial charge < -0.3 is 15.5 Å². The molecule has 0 saturated heterocycles. The van der Waals surface area contributed by atoms with E-state index in [0.717, 1.165) is 40.2 Å². The first-order valence-electron chi connectivity index (χ1n) is 10.9. The molecule has 32 heavy (non-hydrogen) atoms. The third kappa shape index (κ3) is 4.39. The molecule has 1 amide bonds. The summed E-state index contributed by atoms with van der Waals surface area (Å²) in [7, 11) is 3.83. The van der Waals surface area contributed by atoms with Crippen LogP contribution in [0.25, 0.3) is 11.3 Å². The van der Waals surface area contributed by atoms with Gasteiger partial charge in [0.05, 0.1) is 18.3 Å². The van der Waals surface area contributed by atoms with E-state index in [1.165, 1.54) is 0 Å². The lowest BCUT2D eigenvalue weighted by Crippen LogP contribution is -2.43. The second-order valence-electron chi connectivity index (χ2n) is 8.19. The lowest BCUT2D eigenvalue weighted by atomic mass is 9.89. The standard InChI is InChI=1S/C26H29N5O/c1-18-16-24(29-22-10-7-20(8-11-22)6-5-14-27-3)23-17-21(25-13-15-28-30(25)4)9-12-26(23)31(18)19(2)32/h7-13,15,17-18,24,27,29H,14,16H2,1-4H3/t18-,24+/m0/s1. The topological polar surface area (TPSA) is 62.2 Å². The number of hydrogen-bond acceptors (Lipinski definition) is 4. The van der Waals surface area contributed by atoms with Crippen molar-refractivity contribution in [3.05, 3.63) is 65.9 Å². The molecule has 2 aromatic carbocycles. The molecule has 6 heteroatoms. The number of carbonyl (C=O) groups excluding carboxylic acids is 1. The van der Waals surface area contributed by atoms with Crippen LogP contribution in [-0.2, 0) is 11.8 Å². The first-order valence-corrected chi connectivity index (χ1v) is 10.9. The SMILES string of the molecule is CNCC#Cc1ccc(N[C@@H]2C[C@H](C)N(C(C)=O)c3ccc(-c4ccnn4C)cc32)cc1. The zero-order valence-corrected chi connectivity index (χ0v) is 19.0. The third-order valence-electron chi connectivity index (χ3n) is 5.86. The first kappa shape index (κ1) is 21.7.